The van der Waals surface area contributed by atoms with Crippen LogP contribution in [0.1, 0.15) is 40.5 Å². The van der Waals surface area contributed by atoms with Crippen LogP contribution in [0.5, 0.6) is 0 Å². The number of hydrogen-bond donors (Lipinski definition) is 1. The lowest BCUT2D eigenvalue weighted by Crippen LogP contribution is -2.59. The van der Waals surface area contributed by atoms with E-state index in [4.69, 9.17) is 9.47 Å². The van der Waals surface area contributed by atoms with E-state index in [9.17, 15) is 19.5 Å². The molecule has 0 saturated carbocycles. The van der Waals surface area contributed by atoms with Gasteiger partial charge in [0.1, 0.15) is 17.6 Å². The molecule has 176 valence electrons. The Labute approximate surface area is 189 Å². The number of aliphatic hydroxyl groups is 1. The number of aliphatic hydroxyl groups excluding tert-OH is 1. The second-order valence-electron chi connectivity index (χ2n) is 9.92. The number of amides is 2. The summed E-state index contributed by atoms with van der Waals surface area (Å²) in [6, 6.07) is -1.55. The van der Waals surface area contributed by atoms with Crippen LogP contribution < -0.4 is 0 Å². The van der Waals surface area contributed by atoms with Crippen LogP contribution in [-0.2, 0) is 23.9 Å². The van der Waals surface area contributed by atoms with Gasteiger partial charge in [0.25, 0.3) is 0 Å². The average molecular weight is 447 g/mol. The Balaban J connectivity index is 1.86. The third-order valence-electron chi connectivity index (χ3n) is 7.06. The highest BCUT2D eigenvalue weighted by molar-refractivity contribution is 5.99. The molecule has 32 heavy (non-hydrogen) atoms. The predicted molar refractivity (Wildman–Crippen MR) is 116 cm³/mol. The molecule has 0 aromatic carbocycles. The lowest BCUT2D eigenvalue weighted by atomic mass is 9.77. The fourth-order valence-corrected chi connectivity index (χ4v) is 5.74. The van der Waals surface area contributed by atoms with Crippen molar-refractivity contribution in [1.82, 2.24) is 9.80 Å². The molecule has 8 nitrogen and oxygen atoms in total. The van der Waals surface area contributed by atoms with Crippen LogP contribution in [0.25, 0.3) is 0 Å². The number of nitrogens with zero attached hydrogens (tertiary/aromatic N) is 2. The van der Waals surface area contributed by atoms with Crippen LogP contribution in [0.4, 0.5) is 0 Å². The zero-order valence-electron chi connectivity index (χ0n) is 19.3. The highest BCUT2D eigenvalue weighted by Crippen LogP contribution is 2.54. The van der Waals surface area contributed by atoms with Gasteiger partial charge in [0.2, 0.25) is 11.8 Å². The van der Waals surface area contributed by atoms with E-state index in [1.807, 2.05) is 52.0 Å². The van der Waals surface area contributed by atoms with Crippen molar-refractivity contribution in [3.63, 3.8) is 0 Å². The predicted octanol–water partition coefficient (Wildman–Crippen LogP) is 1.28. The number of hydrogen-bond acceptors (Lipinski definition) is 6. The highest BCUT2D eigenvalue weighted by Gasteiger charge is 2.72. The number of ether oxygens (including phenoxy) is 2. The van der Waals surface area contributed by atoms with E-state index < -0.39 is 41.6 Å². The van der Waals surface area contributed by atoms with Gasteiger partial charge in [-0.25, -0.2) is 0 Å². The first-order valence-electron chi connectivity index (χ1n) is 11.6. The van der Waals surface area contributed by atoms with Crippen LogP contribution in [0.3, 0.4) is 0 Å². The monoisotopic (exact) mass is 446 g/mol. The number of cyclic esters (lactones) is 1. The molecule has 4 aliphatic heterocycles. The van der Waals surface area contributed by atoms with Crippen molar-refractivity contribution in [2.24, 2.45) is 17.8 Å². The van der Waals surface area contributed by atoms with Crippen LogP contribution >= 0.6 is 0 Å². The van der Waals surface area contributed by atoms with Gasteiger partial charge in [0.05, 0.1) is 31.3 Å². The van der Waals surface area contributed by atoms with Gasteiger partial charge in [-0.05, 0) is 32.6 Å². The van der Waals surface area contributed by atoms with Crippen molar-refractivity contribution in [2.45, 2.75) is 70.4 Å². The normalized spacial score (nSPS) is 35.4. The first-order chi connectivity index (χ1) is 15.2. The molecule has 0 aliphatic carbocycles. The maximum absolute atomic E-state index is 14.0. The second-order valence-corrected chi connectivity index (χ2v) is 9.92. The second kappa shape index (κ2) is 8.63. The van der Waals surface area contributed by atoms with Gasteiger partial charge < -0.3 is 24.4 Å². The van der Waals surface area contributed by atoms with E-state index in [0.29, 0.717) is 19.4 Å². The topological polar surface area (TPSA) is 96.4 Å². The third kappa shape index (κ3) is 3.48. The molecule has 4 aliphatic rings. The van der Waals surface area contributed by atoms with Crippen molar-refractivity contribution in [3.8, 4) is 0 Å². The molecule has 0 aromatic heterocycles. The molecule has 4 heterocycles. The summed E-state index contributed by atoms with van der Waals surface area (Å²) in [6.45, 7) is 8.28. The highest BCUT2D eigenvalue weighted by atomic mass is 16.6. The van der Waals surface area contributed by atoms with Gasteiger partial charge in [-0.1, -0.05) is 38.2 Å². The van der Waals surface area contributed by atoms with Crippen LogP contribution in [0, 0.1) is 17.8 Å². The largest absolute Gasteiger partial charge is 0.465 e. The van der Waals surface area contributed by atoms with Gasteiger partial charge in [-0.15, -0.1) is 0 Å². The quantitative estimate of drug-likeness (QED) is 0.505. The molecule has 2 saturated heterocycles. The van der Waals surface area contributed by atoms with Crippen molar-refractivity contribution in [1.29, 1.82) is 0 Å². The summed E-state index contributed by atoms with van der Waals surface area (Å²) < 4.78 is 11.9. The minimum Gasteiger partial charge on any atom is -0.465 e. The lowest BCUT2D eigenvalue weighted by Gasteiger charge is -2.39. The SMILES string of the molecule is CC(C)C[C@H](CO)N1C(=O)[C@@H]2[C@@H]3C(=O)OCCC=C[C@@H]3O[C@@]23C=CCN(C(C)C)C(=O)C13. The number of fused-ring (bicyclic) bond motifs is 2. The van der Waals surface area contributed by atoms with Crippen molar-refractivity contribution >= 4 is 17.8 Å². The number of rotatable bonds is 5. The molecule has 8 heteroatoms. The molecule has 2 amide bonds. The van der Waals surface area contributed by atoms with E-state index in [2.05, 4.69) is 0 Å². The summed E-state index contributed by atoms with van der Waals surface area (Å²) in [5.74, 6) is -2.50. The summed E-state index contributed by atoms with van der Waals surface area (Å²) in [6.07, 6.45) is 7.89. The first kappa shape index (κ1) is 23.0. The smallest absolute Gasteiger partial charge is 0.312 e. The van der Waals surface area contributed by atoms with Crippen LogP contribution in [-0.4, -0.2) is 82.3 Å². The molecular weight excluding hydrogens is 412 g/mol. The van der Waals surface area contributed by atoms with Crippen LogP contribution in [0.2, 0.25) is 0 Å². The maximum atomic E-state index is 14.0. The van der Waals surface area contributed by atoms with Gasteiger partial charge >= 0.3 is 5.97 Å². The minimum absolute atomic E-state index is 0.0732. The Morgan fingerprint density at radius 2 is 1.91 bits per heavy atom. The standard InChI is InChI=1S/C24H34N2O6/c1-14(2)12-16(13-27)26-20-22(29)25(15(3)4)10-7-9-24(20)19(21(26)28)18-17(32-24)8-5-6-11-31-23(18)30/h5,7-9,14-20,27H,6,10-13H2,1-4H3/t16-,17+,18-,19+,20?,24+/m1/s1. The first-order valence-corrected chi connectivity index (χ1v) is 11.6. The van der Waals surface area contributed by atoms with E-state index in [1.54, 1.807) is 4.90 Å². The Bertz CT molecular complexity index is 836. The summed E-state index contributed by atoms with van der Waals surface area (Å²) in [5, 5.41) is 10.2. The lowest BCUT2D eigenvalue weighted by molar-refractivity contribution is -0.157. The Hall–Kier alpha value is -2.19. The molecule has 0 bridgehead atoms. The van der Waals surface area contributed by atoms with Gasteiger partial charge in [0.15, 0.2) is 0 Å². The summed E-state index contributed by atoms with van der Waals surface area (Å²) in [7, 11) is 0. The van der Waals surface area contributed by atoms with Crippen molar-refractivity contribution < 1.29 is 29.0 Å². The Morgan fingerprint density at radius 1 is 1.16 bits per heavy atom. The third-order valence-corrected chi connectivity index (χ3v) is 7.06. The Morgan fingerprint density at radius 3 is 2.56 bits per heavy atom. The van der Waals surface area contributed by atoms with Crippen molar-refractivity contribution in [3.05, 3.63) is 24.3 Å². The molecule has 1 spiro atoms. The summed E-state index contributed by atoms with van der Waals surface area (Å²) in [4.78, 5) is 44.1. The molecule has 0 radical (unpaired) electrons. The van der Waals surface area contributed by atoms with Gasteiger partial charge in [-0.2, -0.15) is 0 Å². The number of esters is 1. The van der Waals surface area contributed by atoms with Gasteiger partial charge in [0, 0.05) is 12.6 Å². The van der Waals surface area contributed by atoms with E-state index >= 15 is 0 Å². The number of carbonyl (C=O) groups excluding carboxylic acids is 3. The fourth-order valence-electron chi connectivity index (χ4n) is 5.74. The molecule has 1 unspecified atom stereocenters. The van der Waals surface area contributed by atoms with Crippen molar-refractivity contribution in [2.75, 3.05) is 19.8 Å². The fraction of sp³-hybridized carbons (Fsp3) is 0.708. The Kier molecular flexibility index (Phi) is 6.20. The molecule has 2 fully saturated rings. The maximum Gasteiger partial charge on any atom is 0.312 e. The molecule has 6 atom stereocenters. The van der Waals surface area contributed by atoms with Crippen LogP contribution in [0.15, 0.2) is 24.3 Å². The zero-order valence-corrected chi connectivity index (χ0v) is 19.3. The number of carbonyl (C=O) groups is 3. The molecular formula is C24H34N2O6. The molecule has 1 N–H and O–H groups in total. The number of likely N-dealkylation sites (tertiary alicyclic amines) is 1. The van der Waals surface area contributed by atoms with E-state index in [1.165, 1.54) is 4.90 Å². The zero-order chi connectivity index (χ0) is 23.2. The molecule has 4 rings (SSSR count). The summed E-state index contributed by atoms with van der Waals surface area (Å²) in [5.41, 5.74) is -1.27. The summed E-state index contributed by atoms with van der Waals surface area (Å²) >= 11 is 0. The van der Waals surface area contributed by atoms with E-state index in [-0.39, 0.29) is 37.0 Å². The van der Waals surface area contributed by atoms with E-state index in [0.717, 1.165) is 0 Å². The average Bonchev–Trinajstić information content (AvgIpc) is 3.10. The van der Waals surface area contributed by atoms with Gasteiger partial charge in [-0.3, -0.25) is 14.4 Å². The minimum atomic E-state index is -1.27. The molecule has 0 aromatic rings.